The number of benzene rings is 1. The summed E-state index contributed by atoms with van der Waals surface area (Å²) in [6, 6.07) is 11.0. The van der Waals surface area contributed by atoms with Gasteiger partial charge in [0.15, 0.2) is 0 Å². The van der Waals surface area contributed by atoms with Crippen molar-refractivity contribution in [1.29, 1.82) is 0 Å². The Morgan fingerprint density at radius 3 is 2.91 bits per heavy atom. The van der Waals surface area contributed by atoms with Crippen LogP contribution in [0.25, 0.3) is 10.1 Å². The van der Waals surface area contributed by atoms with E-state index in [-0.39, 0.29) is 18.1 Å². The van der Waals surface area contributed by atoms with E-state index in [1.54, 1.807) is 19.0 Å². The van der Waals surface area contributed by atoms with Gasteiger partial charge in [0.1, 0.15) is 6.10 Å². The maximum atomic E-state index is 11.9. The normalized spacial score (nSPS) is 22.4. The average Bonchev–Trinajstić information content (AvgIpc) is 3.18. The van der Waals surface area contributed by atoms with Crippen LogP contribution < -0.4 is 5.32 Å². The lowest BCUT2D eigenvalue weighted by Crippen LogP contribution is -2.35. The van der Waals surface area contributed by atoms with Gasteiger partial charge in [-0.15, -0.1) is 11.3 Å². The van der Waals surface area contributed by atoms with Crippen LogP contribution in [0, 0.1) is 0 Å². The summed E-state index contributed by atoms with van der Waals surface area (Å²) in [5.41, 5.74) is 0. The molecular weight excluding hydrogens is 308 g/mol. The molecule has 0 unspecified atom stereocenters. The molecule has 1 amide bonds. The minimum atomic E-state index is -0.267. The van der Waals surface area contributed by atoms with Gasteiger partial charge >= 0.3 is 0 Å². The van der Waals surface area contributed by atoms with Crippen molar-refractivity contribution >= 4 is 27.3 Å². The van der Waals surface area contributed by atoms with Crippen LogP contribution in [0.2, 0.25) is 0 Å². The summed E-state index contributed by atoms with van der Waals surface area (Å²) >= 11 is 1.83. The number of nitrogens with zero attached hydrogens (tertiary/aromatic N) is 1. The van der Waals surface area contributed by atoms with Crippen LogP contribution in [-0.4, -0.2) is 43.7 Å². The van der Waals surface area contributed by atoms with Crippen LogP contribution in [0.5, 0.6) is 0 Å². The molecule has 1 N–H and O–H groups in total. The fraction of sp³-hybridized carbons (Fsp3) is 0.500. The van der Waals surface area contributed by atoms with Crippen LogP contribution >= 0.6 is 11.3 Å². The first-order valence-electron chi connectivity index (χ1n) is 8.13. The topological polar surface area (TPSA) is 41.6 Å². The van der Waals surface area contributed by atoms with E-state index in [4.69, 9.17) is 4.74 Å². The second-order valence-corrected chi connectivity index (χ2v) is 7.49. The molecule has 0 spiro atoms. The number of carbonyl (C=O) groups excluding carboxylic acids is 1. The van der Waals surface area contributed by atoms with E-state index in [0.29, 0.717) is 6.04 Å². The first-order valence-corrected chi connectivity index (χ1v) is 8.94. The maximum Gasteiger partial charge on any atom is 0.251 e. The van der Waals surface area contributed by atoms with Gasteiger partial charge in [-0.1, -0.05) is 18.2 Å². The molecule has 0 aliphatic carbocycles. The van der Waals surface area contributed by atoms with Crippen molar-refractivity contribution in [2.24, 2.45) is 0 Å². The Morgan fingerprint density at radius 2 is 2.17 bits per heavy atom. The average molecular weight is 332 g/mol. The molecule has 124 valence electrons. The number of nitrogens with one attached hydrogen (secondary N) is 1. The molecule has 23 heavy (non-hydrogen) atoms. The minimum absolute atomic E-state index is 0.0741. The fourth-order valence-electron chi connectivity index (χ4n) is 2.95. The molecule has 1 aromatic heterocycles. The van der Waals surface area contributed by atoms with Gasteiger partial charge in [-0.3, -0.25) is 4.79 Å². The molecule has 1 aromatic carbocycles. The predicted molar refractivity (Wildman–Crippen MR) is 94.8 cm³/mol. The van der Waals surface area contributed by atoms with Crippen molar-refractivity contribution in [3.63, 3.8) is 0 Å². The number of hydrogen-bond acceptors (Lipinski definition) is 4. The highest BCUT2D eigenvalue weighted by Gasteiger charge is 2.31. The molecule has 0 bridgehead atoms. The number of rotatable bonds is 5. The summed E-state index contributed by atoms with van der Waals surface area (Å²) < 4.78 is 7.20. The molecular formula is C18H24N2O2S. The largest absolute Gasteiger partial charge is 0.364 e. The molecule has 4 nitrogen and oxygen atoms in total. The third-order valence-corrected chi connectivity index (χ3v) is 5.65. The van der Waals surface area contributed by atoms with E-state index in [9.17, 15) is 4.79 Å². The molecule has 1 aliphatic heterocycles. The zero-order valence-electron chi connectivity index (χ0n) is 13.9. The summed E-state index contributed by atoms with van der Waals surface area (Å²) in [7, 11) is 3.56. The van der Waals surface area contributed by atoms with Crippen molar-refractivity contribution in [2.45, 2.75) is 38.0 Å². The molecule has 1 aliphatic rings. The van der Waals surface area contributed by atoms with Crippen LogP contribution in [0.4, 0.5) is 0 Å². The number of hydrogen-bond donors (Lipinski definition) is 1. The Balaban J connectivity index is 1.53. The number of thiophene rings is 1. The van der Waals surface area contributed by atoms with Gasteiger partial charge in [-0.2, -0.15) is 0 Å². The monoisotopic (exact) mass is 332 g/mol. The Kier molecular flexibility index (Phi) is 4.99. The number of carbonyl (C=O) groups is 1. The first kappa shape index (κ1) is 16.4. The second-order valence-electron chi connectivity index (χ2n) is 6.37. The van der Waals surface area contributed by atoms with Crippen LogP contribution in [0.3, 0.4) is 0 Å². The van der Waals surface area contributed by atoms with Gasteiger partial charge in [0.05, 0.1) is 6.10 Å². The van der Waals surface area contributed by atoms with Crippen LogP contribution in [0.15, 0.2) is 30.3 Å². The Bertz CT molecular complexity index is 649. The van der Waals surface area contributed by atoms with Crippen molar-refractivity contribution in [1.82, 2.24) is 10.2 Å². The predicted octanol–water partition coefficient (Wildman–Crippen LogP) is 3.19. The molecule has 1 saturated heterocycles. The van der Waals surface area contributed by atoms with E-state index in [2.05, 4.69) is 42.6 Å². The Labute approximate surface area is 141 Å². The van der Waals surface area contributed by atoms with Crippen molar-refractivity contribution in [3.05, 3.63) is 35.2 Å². The van der Waals surface area contributed by atoms with Gasteiger partial charge < -0.3 is 15.0 Å². The van der Waals surface area contributed by atoms with E-state index in [0.717, 1.165) is 19.4 Å². The summed E-state index contributed by atoms with van der Waals surface area (Å²) in [4.78, 5) is 14.9. The summed E-state index contributed by atoms with van der Waals surface area (Å²) in [5.74, 6) is 0.0741. The van der Waals surface area contributed by atoms with E-state index < -0.39 is 0 Å². The molecule has 3 rings (SSSR count). The fourth-order valence-corrected chi connectivity index (χ4v) is 4.04. The third-order valence-electron chi connectivity index (χ3n) is 4.35. The maximum absolute atomic E-state index is 11.9. The minimum Gasteiger partial charge on any atom is -0.364 e. The summed E-state index contributed by atoms with van der Waals surface area (Å²) in [5, 5.41) is 4.85. The lowest BCUT2D eigenvalue weighted by molar-refractivity contribution is -0.140. The Morgan fingerprint density at radius 1 is 1.39 bits per heavy atom. The quantitative estimate of drug-likeness (QED) is 0.914. The van der Waals surface area contributed by atoms with Gasteiger partial charge in [-0.25, -0.2) is 0 Å². The SMILES string of the molecule is C[C@H](NC[C@H]1CC[C@@H](C(=O)N(C)C)O1)c1cc2ccccc2s1. The van der Waals surface area contributed by atoms with Crippen molar-refractivity contribution in [3.8, 4) is 0 Å². The molecule has 5 heteroatoms. The van der Waals surface area contributed by atoms with E-state index in [1.165, 1.54) is 15.0 Å². The molecule has 2 heterocycles. The first-order chi connectivity index (χ1) is 11.0. The lowest BCUT2D eigenvalue weighted by atomic mass is 10.1. The highest BCUT2D eigenvalue weighted by molar-refractivity contribution is 7.19. The molecule has 3 atom stereocenters. The number of ether oxygens (including phenoxy) is 1. The second kappa shape index (κ2) is 6.99. The summed E-state index contributed by atoms with van der Waals surface area (Å²) in [6.07, 6.45) is 1.62. The number of likely N-dealkylation sites (N-methyl/N-ethyl adjacent to an activating group) is 1. The van der Waals surface area contributed by atoms with Crippen LogP contribution in [0.1, 0.15) is 30.7 Å². The molecule has 0 saturated carbocycles. The highest BCUT2D eigenvalue weighted by Crippen LogP contribution is 2.30. The van der Waals surface area contributed by atoms with E-state index >= 15 is 0 Å². The van der Waals surface area contributed by atoms with Crippen molar-refractivity contribution in [2.75, 3.05) is 20.6 Å². The zero-order chi connectivity index (χ0) is 16.4. The molecule has 1 fully saturated rings. The van der Waals surface area contributed by atoms with E-state index in [1.807, 2.05) is 11.3 Å². The Hall–Kier alpha value is -1.43. The van der Waals surface area contributed by atoms with Gasteiger partial charge in [0.2, 0.25) is 0 Å². The van der Waals surface area contributed by atoms with Gasteiger partial charge in [0, 0.05) is 36.3 Å². The third kappa shape index (κ3) is 3.74. The molecule has 0 radical (unpaired) electrons. The highest BCUT2D eigenvalue weighted by atomic mass is 32.1. The van der Waals surface area contributed by atoms with Gasteiger partial charge in [-0.05, 0) is 37.3 Å². The zero-order valence-corrected chi connectivity index (χ0v) is 14.7. The molecule has 2 aromatic rings. The summed E-state index contributed by atoms with van der Waals surface area (Å²) in [6.45, 7) is 2.97. The number of fused-ring (bicyclic) bond motifs is 1. The smallest absolute Gasteiger partial charge is 0.251 e. The van der Waals surface area contributed by atoms with Crippen LogP contribution in [-0.2, 0) is 9.53 Å². The standard InChI is InChI=1S/C18H24N2O2S/c1-12(17-10-13-6-4-5-7-16(13)23-17)19-11-14-8-9-15(22-14)18(21)20(2)3/h4-7,10,12,14-15,19H,8-9,11H2,1-3H3/t12-,14+,15-/m0/s1. The number of amides is 1. The lowest BCUT2D eigenvalue weighted by Gasteiger charge is -2.19. The van der Waals surface area contributed by atoms with Gasteiger partial charge in [0.25, 0.3) is 5.91 Å². The van der Waals surface area contributed by atoms with Crippen molar-refractivity contribution < 1.29 is 9.53 Å².